The third-order valence-corrected chi connectivity index (χ3v) is 5.98. The van der Waals surface area contributed by atoms with E-state index in [9.17, 15) is 0 Å². The minimum Gasteiger partial charge on any atom is -0.341 e. The molecule has 2 aromatic heterocycles. The smallest absolute Gasteiger partial charge is 0.215 e. The zero-order chi connectivity index (χ0) is 21.7. The van der Waals surface area contributed by atoms with E-state index in [1.54, 1.807) is 0 Å². The Hall–Kier alpha value is -2.51. The average molecular weight is 411 g/mol. The maximum atomic E-state index is 9.04. The topological polar surface area (TPSA) is 88.4 Å². The first kappa shape index (κ1) is 22.2. The number of guanidine groups is 1. The molecule has 0 aliphatic carbocycles. The summed E-state index contributed by atoms with van der Waals surface area (Å²) in [6, 6.07) is 6.76. The molecule has 0 atom stereocenters. The molecule has 2 aromatic rings. The first-order valence-electron chi connectivity index (χ1n) is 10.7. The highest BCUT2D eigenvalue weighted by atomic mass is 16.5. The van der Waals surface area contributed by atoms with E-state index in [-0.39, 0.29) is 5.96 Å². The molecule has 1 aliphatic heterocycles. The zero-order valence-electron chi connectivity index (χ0n) is 18.5. The number of aromatic nitrogens is 2. The number of likely N-dealkylation sites (tertiary alicyclic amines) is 1. The summed E-state index contributed by atoms with van der Waals surface area (Å²) >= 11 is 0. The van der Waals surface area contributed by atoms with E-state index in [0.717, 1.165) is 50.4 Å². The van der Waals surface area contributed by atoms with Gasteiger partial charge in [-0.1, -0.05) is 26.0 Å². The van der Waals surface area contributed by atoms with Crippen molar-refractivity contribution in [3.05, 3.63) is 58.7 Å². The predicted molar refractivity (Wildman–Crippen MR) is 119 cm³/mol. The van der Waals surface area contributed by atoms with Gasteiger partial charge in [0.05, 0.1) is 11.4 Å². The Balaban J connectivity index is 1.83. The second-order valence-electron chi connectivity index (χ2n) is 8.55. The van der Waals surface area contributed by atoms with Gasteiger partial charge >= 0.3 is 0 Å². The lowest BCUT2D eigenvalue weighted by atomic mass is 9.98. The van der Waals surface area contributed by atoms with Crippen LogP contribution in [-0.2, 0) is 13.1 Å². The fourth-order valence-corrected chi connectivity index (χ4v) is 4.24. The monoisotopic (exact) mass is 410 g/mol. The molecule has 1 saturated heterocycles. The fraction of sp³-hybridized carbons (Fsp3) is 0.522. The number of hydrogen-bond acceptors (Lipinski definition) is 5. The van der Waals surface area contributed by atoms with Crippen LogP contribution in [0.25, 0.3) is 0 Å². The van der Waals surface area contributed by atoms with Gasteiger partial charge in [-0.2, -0.15) is 0 Å². The maximum absolute atomic E-state index is 9.04. The summed E-state index contributed by atoms with van der Waals surface area (Å²) < 4.78 is 0. The highest BCUT2D eigenvalue weighted by Crippen LogP contribution is 2.25. The number of nitrogens with one attached hydrogen (secondary N) is 2. The van der Waals surface area contributed by atoms with E-state index in [1.165, 1.54) is 16.7 Å². The first-order chi connectivity index (χ1) is 14.4. The summed E-state index contributed by atoms with van der Waals surface area (Å²) in [4.78, 5) is 13.8. The highest BCUT2D eigenvalue weighted by molar-refractivity contribution is 5.75. The molecule has 0 amide bonds. The van der Waals surface area contributed by atoms with Crippen LogP contribution in [0.5, 0.6) is 0 Å². The quantitative estimate of drug-likeness (QED) is 0.383. The van der Waals surface area contributed by atoms with Crippen molar-refractivity contribution >= 4 is 5.96 Å². The molecule has 0 unspecified atom stereocenters. The Morgan fingerprint density at radius 3 is 2.57 bits per heavy atom. The van der Waals surface area contributed by atoms with Gasteiger partial charge in [-0.25, -0.2) is 5.48 Å². The second kappa shape index (κ2) is 10.00. The van der Waals surface area contributed by atoms with Crippen LogP contribution in [0.1, 0.15) is 60.7 Å². The molecule has 3 rings (SSSR count). The van der Waals surface area contributed by atoms with E-state index in [4.69, 9.17) is 20.6 Å². The molecule has 3 heterocycles. The van der Waals surface area contributed by atoms with E-state index in [2.05, 4.69) is 44.7 Å². The van der Waals surface area contributed by atoms with Gasteiger partial charge in [-0.15, -0.1) is 0 Å². The number of hydrogen-bond donors (Lipinski definition) is 3. The molecule has 7 heteroatoms. The van der Waals surface area contributed by atoms with Crippen LogP contribution < -0.4 is 5.48 Å². The van der Waals surface area contributed by atoms with Crippen molar-refractivity contribution in [3.8, 4) is 0 Å². The maximum Gasteiger partial charge on any atom is 0.215 e. The van der Waals surface area contributed by atoms with Crippen molar-refractivity contribution in [2.24, 2.45) is 0 Å². The summed E-state index contributed by atoms with van der Waals surface area (Å²) in [5, 5.41) is 16.9. The fourth-order valence-electron chi connectivity index (χ4n) is 4.24. The molecular weight excluding hydrogens is 376 g/mol. The van der Waals surface area contributed by atoms with Crippen LogP contribution in [0, 0.1) is 19.3 Å². The Morgan fingerprint density at radius 2 is 1.93 bits per heavy atom. The number of rotatable bonds is 6. The normalized spacial score (nSPS) is 15.1. The second-order valence-corrected chi connectivity index (χ2v) is 8.55. The molecule has 0 spiro atoms. The van der Waals surface area contributed by atoms with Crippen LogP contribution in [0.2, 0.25) is 0 Å². The van der Waals surface area contributed by atoms with Gasteiger partial charge in [-0.3, -0.25) is 25.5 Å². The van der Waals surface area contributed by atoms with E-state index in [0.29, 0.717) is 12.0 Å². The van der Waals surface area contributed by atoms with Crippen LogP contribution in [0.15, 0.2) is 30.6 Å². The SMILES string of the molecule is Cc1cnc(CN(Cc2ncccc2C(C)C)C2CCN(C(=N)NO)CC2)c(C)c1. The lowest BCUT2D eigenvalue weighted by Crippen LogP contribution is -2.49. The van der Waals surface area contributed by atoms with Crippen molar-refractivity contribution in [3.63, 3.8) is 0 Å². The Labute approximate surface area is 179 Å². The molecule has 1 fully saturated rings. The molecule has 7 nitrogen and oxygen atoms in total. The largest absolute Gasteiger partial charge is 0.341 e. The minimum atomic E-state index is 0.0721. The van der Waals surface area contributed by atoms with Gasteiger partial charge in [-0.05, 0) is 55.4 Å². The predicted octanol–water partition coefficient (Wildman–Crippen LogP) is 3.60. The molecule has 30 heavy (non-hydrogen) atoms. The lowest BCUT2D eigenvalue weighted by molar-refractivity contribution is 0.110. The minimum absolute atomic E-state index is 0.0721. The average Bonchev–Trinajstić information content (AvgIpc) is 2.74. The van der Waals surface area contributed by atoms with Crippen LogP contribution >= 0.6 is 0 Å². The highest BCUT2D eigenvalue weighted by Gasteiger charge is 2.27. The standard InChI is InChI=1S/C23H34N6O/c1-16(2)20-6-5-9-25-22(20)15-29(14-21-18(4)12-17(3)13-26-21)19-7-10-28(11-8-19)23(24)27-30/h5-6,9,12-13,16,19,30H,7-8,10-11,14-15H2,1-4H3,(H2,24,27). The van der Waals surface area contributed by atoms with E-state index >= 15 is 0 Å². The summed E-state index contributed by atoms with van der Waals surface area (Å²) in [5.74, 6) is 0.496. The third kappa shape index (κ3) is 5.34. The third-order valence-electron chi connectivity index (χ3n) is 5.98. The summed E-state index contributed by atoms with van der Waals surface area (Å²) in [6.45, 7) is 11.7. The molecule has 1 aliphatic rings. The number of hydroxylamine groups is 1. The number of nitrogens with zero attached hydrogens (tertiary/aromatic N) is 4. The number of aryl methyl sites for hydroxylation is 2. The van der Waals surface area contributed by atoms with Gasteiger partial charge in [0.25, 0.3) is 0 Å². The summed E-state index contributed by atoms with van der Waals surface area (Å²) in [5.41, 5.74) is 7.89. The van der Waals surface area contributed by atoms with Crippen molar-refractivity contribution in [1.29, 1.82) is 5.41 Å². The molecule has 0 radical (unpaired) electrons. The zero-order valence-corrected chi connectivity index (χ0v) is 18.5. The van der Waals surface area contributed by atoms with E-state index in [1.807, 2.05) is 28.8 Å². The van der Waals surface area contributed by atoms with Gasteiger partial charge in [0.1, 0.15) is 0 Å². The Morgan fingerprint density at radius 1 is 1.23 bits per heavy atom. The van der Waals surface area contributed by atoms with Crippen molar-refractivity contribution in [2.45, 2.75) is 65.6 Å². The van der Waals surface area contributed by atoms with Crippen molar-refractivity contribution in [1.82, 2.24) is 25.2 Å². The molecule has 0 bridgehead atoms. The Bertz CT molecular complexity index is 861. The van der Waals surface area contributed by atoms with Crippen LogP contribution in [0.4, 0.5) is 0 Å². The van der Waals surface area contributed by atoms with E-state index < -0.39 is 0 Å². The van der Waals surface area contributed by atoms with Crippen molar-refractivity contribution < 1.29 is 5.21 Å². The number of pyridine rings is 2. The summed E-state index contributed by atoms with van der Waals surface area (Å²) in [6.07, 6.45) is 5.68. The lowest BCUT2D eigenvalue weighted by Gasteiger charge is -2.39. The van der Waals surface area contributed by atoms with Gasteiger partial charge in [0.2, 0.25) is 5.96 Å². The first-order valence-corrected chi connectivity index (χ1v) is 10.7. The molecule has 0 aromatic carbocycles. The Kier molecular flexibility index (Phi) is 7.39. The molecule has 3 N–H and O–H groups in total. The summed E-state index contributed by atoms with van der Waals surface area (Å²) in [7, 11) is 0. The van der Waals surface area contributed by atoms with Gasteiger partial charge in [0.15, 0.2) is 0 Å². The van der Waals surface area contributed by atoms with Crippen LogP contribution in [0.3, 0.4) is 0 Å². The molecule has 0 saturated carbocycles. The van der Waals surface area contributed by atoms with Gasteiger partial charge in [0, 0.05) is 44.6 Å². The van der Waals surface area contributed by atoms with Crippen LogP contribution in [-0.4, -0.2) is 50.1 Å². The number of piperidine rings is 1. The molecular formula is C23H34N6O. The van der Waals surface area contributed by atoms with Crippen molar-refractivity contribution in [2.75, 3.05) is 13.1 Å². The van der Waals surface area contributed by atoms with Gasteiger partial charge < -0.3 is 4.90 Å². The molecule has 162 valence electrons.